The summed E-state index contributed by atoms with van der Waals surface area (Å²) in [5, 5.41) is 8.52. The van der Waals surface area contributed by atoms with Crippen molar-refractivity contribution in [2.45, 2.75) is 12.8 Å². The fourth-order valence-corrected chi connectivity index (χ4v) is 1.97. The summed E-state index contributed by atoms with van der Waals surface area (Å²) < 4.78 is 5.46. The van der Waals surface area contributed by atoms with Gasteiger partial charge in [-0.25, -0.2) is 4.79 Å². The fourth-order valence-electron chi connectivity index (χ4n) is 1.97. The number of aliphatic carboxylic acids is 1. The minimum atomic E-state index is -1.00. The smallest absolute Gasteiger partial charge is 0.328 e. The van der Waals surface area contributed by atoms with E-state index in [0.29, 0.717) is 5.75 Å². The van der Waals surface area contributed by atoms with Gasteiger partial charge in [-0.1, -0.05) is 12.1 Å². The number of amides is 2. The van der Waals surface area contributed by atoms with Crippen LogP contribution in [0.3, 0.4) is 0 Å². The molecule has 21 heavy (non-hydrogen) atoms. The van der Waals surface area contributed by atoms with Gasteiger partial charge >= 0.3 is 5.97 Å². The van der Waals surface area contributed by atoms with Gasteiger partial charge in [-0.15, -0.1) is 0 Å². The van der Waals surface area contributed by atoms with E-state index < -0.39 is 5.97 Å². The number of hydrogen-bond acceptors (Lipinski definition) is 4. The molecule has 0 aromatic heterocycles. The quantitative estimate of drug-likeness (QED) is 0.630. The van der Waals surface area contributed by atoms with Crippen molar-refractivity contribution < 1.29 is 24.2 Å². The lowest BCUT2D eigenvalue weighted by Crippen LogP contribution is -2.33. The molecule has 1 saturated heterocycles. The number of imide groups is 1. The van der Waals surface area contributed by atoms with Crippen LogP contribution in [0, 0.1) is 0 Å². The van der Waals surface area contributed by atoms with E-state index in [-0.39, 0.29) is 37.8 Å². The molecular weight excluding hydrogens is 274 g/mol. The van der Waals surface area contributed by atoms with Crippen LogP contribution in [0.15, 0.2) is 30.3 Å². The second-order valence-electron chi connectivity index (χ2n) is 4.53. The van der Waals surface area contributed by atoms with Crippen molar-refractivity contribution in [2.24, 2.45) is 0 Å². The summed E-state index contributed by atoms with van der Waals surface area (Å²) in [5.41, 5.74) is 0.745. The normalized spacial score (nSPS) is 15.0. The molecule has 6 heteroatoms. The summed E-state index contributed by atoms with van der Waals surface area (Å²) >= 11 is 0. The van der Waals surface area contributed by atoms with Gasteiger partial charge in [0.25, 0.3) is 0 Å². The highest BCUT2D eigenvalue weighted by molar-refractivity contribution is 6.01. The Balaban J connectivity index is 1.82. The fraction of sp³-hybridized carbons (Fsp3) is 0.267. The number of likely N-dealkylation sites (tertiary alicyclic amines) is 1. The molecule has 1 aliphatic rings. The molecule has 110 valence electrons. The lowest BCUT2D eigenvalue weighted by atomic mass is 10.2. The molecule has 1 aromatic carbocycles. The lowest BCUT2D eigenvalue weighted by Gasteiger charge is -2.14. The van der Waals surface area contributed by atoms with Gasteiger partial charge in [-0.2, -0.15) is 0 Å². The van der Waals surface area contributed by atoms with Gasteiger partial charge in [0.2, 0.25) is 11.8 Å². The number of benzene rings is 1. The molecule has 1 aliphatic heterocycles. The highest BCUT2D eigenvalue weighted by atomic mass is 16.5. The van der Waals surface area contributed by atoms with Crippen LogP contribution in [0.5, 0.6) is 5.75 Å². The Bertz CT molecular complexity index is 560. The molecule has 0 spiro atoms. The summed E-state index contributed by atoms with van der Waals surface area (Å²) in [5.74, 6) is -0.715. The van der Waals surface area contributed by atoms with Crippen LogP contribution in [0.25, 0.3) is 6.08 Å². The maximum atomic E-state index is 11.4. The molecule has 2 amide bonds. The zero-order valence-corrected chi connectivity index (χ0v) is 11.3. The zero-order valence-electron chi connectivity index (χ0n) is 11.3. The lowest BCUT2D eigenvalue weighted by molar-refractivity contribution is -0.138. The maximum absolute atomic E-state index is 11.4. The molecule has 1 aromatic rings. The average Bonchev–Trinajstić information content (AvgIpc) is 2.78. The maximum Gasteiger partial charge on any atom is 0.328 e. The van der Waals surface area contributed by atoms with Crippen LogP contribution in [0.4, 0.5) is 0 Å². The SMILES string of the molecule is O=C(O)C=Cc1ccc(OCCN2C(=O)CCC2=O)cc1. The van der Waals surface area contributed by atoms with Crippen molar-refractivity contribution in [2.75, 3.05) is 13.2 Å². The van der Waals surface area contributed by atoms with Crippen LogP contribution >= 0.6 is 0 Å². The molecule has 0 bridgehead atoms. The number of hydrogen-bond donors (Lipinski definition) is 1. The van der Waals surface area contributed by atoms with Crippen molar-refractivity contribution in [1.29, 1.82) is 0 Å². The topological polar surface area (TPSA) is 83.9 Å². The first kappa shape index (κ1) is 14.8. The number of carbonyl (C=O) groups is 3. The number of rotatable bonds is 6. The number of ether oxygens (including phenoxy) is 1. The van der Waals surface area contributed by atoms with E-state index in [1.165, 1.54) is 11.0 Å². The number of carbonyl (C=O) groups excluding carboxylic acids is 2. The van der Waals surface area contributed by atoms with Crippen LogP contribution in [-0.2, 0) is 14.4 Å². The molecular formula is C15H15NO5. The molecule has 1 fully saturated rings. The molecule has 0 unspecified atom stereocenters. The first-order valence-corrected chi connectivity index (χ1v) is 6.53. The van der Waals surface area contributed by atoms with Gasteiger partial charge in [0, 0.05) is 18.9 Å². The van der Waals surface area contributed by atoms with Crippen molar-refractivity contribution in [3.05, 3.63) is 35.9 Å². The van der Waals surface area contributed by atoms with E-state index in [0.717, 1.165) is 11.6 Å². The van der Waals surface area contributed by atoms with Gasteiger partial charge in [0.05, 0.1) is 6.54 Å². The average molecular weight is 289 g/mol. The Labute approximate surface area is 121 Å². The van der Waals surface area contributed by atoms with E-state index in [2.05, 4.69) is 0 Å². The van der Waals surface area contributed by atoms with Crippen LogP contribution in [0.1, 0.15) is 18.4 Å². The van der Waals surface area contributed by atoms with Crippen LogP contribution in [-0.4, -0.2) is 40.9 Å². The Morgan fingerprint density at radius 1 is 1.19 bits per heavy atom. The van der Waals surface area contributed by atoms with E-state index in [1.54, 1.807) is 24.3 Å². The zero-order chi connectivity index (χ0) is 15.2. The third kappa shape index (κ3) is 4.17. The molecule has 0 atom stereocenters. The number of carboxylic acids is 1. The summed E-state index contributed by atoms with van der Waals surface area (Å²) in [4.78, 5) is 34.4. The van der Waals surface area contributed by atoms with Gasteiger partial charge in [0.1, 0.15) is 12.4 Å². The second kappa shape index (κ2) is 6.69. The Morgan fingerprint density at radius 2 is 1.81 bits per heavy atom. The van der Waals surface area contributed by atoms with Gasteiger partial charge in [0.15, 0.2) is 0 Å². The molecule has 1 N–H and O–H groups in total. The van der Waals surface area contributed by atoms with Crippen LogP contribution in [0.2, 0.25) is 0 Å². The van der Waals surface area contributed by atoms with Gasteiger partial charge in [-0.05, 0) is 23.8 Å². The molecule has 0 saturated carbocycles. The molecule has 0 aliphatic carbocycles. The van der Waals surface area contributed by atoms with E-state index in [4.69, 9.17) is 9.84 Å². The minimum absolute atomic E-state index is 0.155. The standard InChI is InChI=1S/C15H15NO5/c17-13-6-7-14(18)16(13)9-10-21-12-4-1-11(2-5-12)3-8-15(19)20/h1-5,8H,6-7,9-10H2,(H,19,20). The molecule has 2 rings (SSSR count). The first-order valence-electron chi connectivity index (χ1n) is 6.53. The predicted molar refractivity (Wildman–Crippen MR) is 74.6 cm³/mol. The van der Waals surface area contributed by atoms with Crippen molar-refractivity contribution in [3.63, 3.8) is 0 Å². The van der Waals surface area contributed by atoms with E-state index in [9.17, 15) is 14.4 Å². The second-order valence-corrected chi connectivity index (χ2v) is 4.53. The van der Waals surface area contributed by atoms with Gasteiger partial charge < -0.3 is 9.84 Å². The van der Waals surface area contributed by atoms with Crippen molar-refractivity contribution >= 4 is 23.9 Å². The Kier molecular flexibility index (Phi) is 4.71. The minimum Gasteiger partial charge on any atom is -0.492 e. The van der Waals surface area contributed by atoms with Gasteiger partial charge in [-0.3, -0.25) is 14.5 Å². The van der Waals surface area contributed by atoms with Crippen LogP contribution < -0.4 is 4.74 Å². The monoisotopic (exact) mass is 289 g/mol. The molecule has 6 nitrogen and oxygen atoms in total. The summed E-state index contributed by atoms with van der Waals surface area (Å²) in [7, 11) is 0. The third-order valence-electron chi connectivity index (χ3n) is 3.04. The molecule has 1 heterocycles. The summed E-state index contributed by atoms with van der Waals surface area (Å²) in [6.07, 6.45) is 3.10. The Morgan fingerprint density at radius 3 is 2.38 bits per heavy atom. The predicted octanol–water partition coefficient (Wildman–Crippen LogP) is 1.31. The number of carboxylic acid groups (broad SMARTS) is 1. The third-order valence-corrected chi connectivity index (χ3v) is 3.04. The largest absolute Gasteiger partial charge is 0.492 e. The van der Waals surface area contributed by atoms with E-state index >= 15 is 0 Å². The molecule has 0 radical (unpaired) electrons. The summed E-state index contributed by atoms with van der Waals surface area (Å²) in [6, 6.07) is 6.85. The Hall–Kier alpha value is -2.63. The first-order chi connectivity index (χ1) is 10.1. The van der Waals surface area contributed by atoms with Crippen molar-refractivity contribution in [3.8, 4) is 5.75 Å². The van der Waals surface area contributed by atoms with E-state index in [1.807, 2.05) is 0 Å². The number of nitrogens with zero attached hydrogens (tertiary/aromatic N) is 1. The summed E-state index contributed by atoms with van der Waals surface area (Å²) in [6.45, 7) is 0.486. The highest BCUT2D eigenvalue weighted by Gasteiger charge is 2.28. The van der Waals surface area contributed by atoms with Crippen molar-refractivity contribution in [1.82, 2.24) is 4.90 Å². The highest BCUT2D eigenvalue weighted by Crippen LogP contribution is 2.14.